The Morgan fingerprint density at radius 2 is 2.26 bits per heavy atom. The summed E-state index contributed by atoms with van der Waals surface area (Å²) in [5, 5.41) is 19.7. The number of nitriles is 1. The minimum absolute atomic E-state index is 0.0308. The Morgan fingerprint density at radius 3 is 2.87 bits per heavy atom. The van der Waals surface area contributed by atoms with Crippen LogP contribution in [-0.2, 0) is 16.1 Å². The second kappa shape index (κ2) is 9.06. The Kier molecular flexibility index (Phi) is 7.09. The molecule has 7 heteroatoms. The Morgan fingerprint density at radius 1 is 1.52 bits per heavy atom. The molecule has 0 fully saturated rings. The first kappa shape index (κ1) is 18.0. The van der Waals surface area contributed by atoms with E-state index in [0.717, 1.165) is 0 Å². The molecular formula is C16H16N2O5. The fraction of sp³-hybridized carbons (Fsp3) is 0.375. The number of hydrogen-bond acceptors (Lipinski definition) is 6. The Balaban J connectivity index is 2.73. The Bertz CT molecular complexity index is 657. The van der Waals surface area contributed by atoms with Crippen molar-refractivity contribution < 1.29 is 19.2 Å². The van der Waals surface area contributed by atoms with E-state index < -0.39 is 10.9 Å². The maximum absolute atomic E-state index is 11.6. The number of nitro groups is 1. The predicted molar refractivity (Wildman–Crippen MR) is 81.2 cm³/mol. The van der Waals surface area contributed by atoms with Crippen LogP contribution in [0.4, 0.5) is 5.69 Å². The first-order valence-electron chi connectivity index (χ1n) is 6.86. The molecule has 0 radical (unpaired) electrons. The van der Waals surface area contributed by atoms with Gasteiger partial charge in [0.1, 0.15) is 19.0 Å². The molecule has 120 valence electrons. The summed E-state index contributed by atoms with van der Waals surface area (Å²) in [7, 11) is 0. The van der Waals surface area contributed by atoms with Crippen molar-refractivity contribution in [3.63, 3.8) is 0 Å². The van der Waals surface area contributed by atoms with E-state index in [-0.39, 0.29) is 36.8 Å². The van der Waals surface area contributed by atoms with Crippen molar-refractivity contribution in [3.8, 4) is 24.2 Å². The van der Waals surface area contributed by atoms with Crippen molar-refractivity contribution in [2.24, 2.45) is 5.92 Å². The monoisotopic (exact) mass is 316 g/mol. The summed E-state index contributed by atoms with van der Waals surface area (Å²) in [6.45, 7) is 1.48. The third kappa shape index (κ3) is 6.06. The minimum atomic E-state index is -0.564. The lowest BCUT2D eigenvalue weighted by Gasteiger charge is -2.08. The van der Waals surface area contributed by atoms with Crippen LogP contribution in [0.25, 0.3) is 0 Å². The van der Waals surface area contributed by atoms with Gasteiger partial charge in [0, 0.05) is 18.4 Å². The van der Waals surface area contributed by atoms with Gasteiger partial charge < -0.3 is 9.47 Å². The van der Waals surface area contributed by atoms with E-state index >= 15 is 0 Å². The van der Waals surface area contributed by atoms with Crippen molar-refractivity contribution in [3.05, 3.63) is 33.9 Å². The van der Waals surface area contributed by atoms with Crippen molar-refractivity contribution in [1.29, 1.82) is 5.26 Å². The van der Waals surface area contributed by atoms with Gasteiger partial charge in [0.2, 0.25) is 0 Å². The largest absolute Gasteiger partial charge is 0.481 e. The molecule has 23 heavy (non-hydrogen) atoms. The van der Waals surface area contributed by atoms with E-state index in [4.69, 9.17) is 21.2 Å². The molecule has 0 aliphatic rings. The summed E-state index contributed by atoms with van der Waals surface area (Å²) in [6.07, 6.45) is 5.54. The number of rotatable bonds is 8. The number of nitrogens with zero attached hydrogens (tertiary/aromatic N) is 2. The quantitative estimate of drug-likeness (QED) is 0.316. The molecule has 1 aromatic rings. The first-order chi connectivity index (χ1) is 11.0. The average Bonchev–Trinajstić information content (AvgIpc) is 2.55. The molecule has 1 rings (SSSR count). The molecule has 0 saturated heterocycles. The van der Waals surface area contributed by atoms with Crippen LogP contribution in [0.2, 0.25) is 0 Å². The van der Waals surface area contributed by atoms with E-state index in [1.807, 2.05) is 6.07 Å². The van der Waals surface area contributed by atoms with Gasteiger partial charge in [-0.05, 0) is 25.5 Å². The van der Waals surface area contributed by atoms with Crippen molar-refractivity contribution in [2.75, 3.05) is 6.61 Å². The second-order valence-electron chi connectivity index (χ2n) is 4.77. The van der Waals surface area contributed by atoms with Crippen LogP contribution >= 0.6 is 0 Å². The standard InChI is InChI=1S/C16H16N2O5/c1-3-8-22-14-5-6-15(18(20)21)13(9-14)11-23-16(19)7-4-12(2)10-17/h1,5-6,9,12H,4,7-8,11H2,2H3. The second-order valence-corrected chi connectivity index (χ2v) is 4.77. The van der Waals surface area contributed by atoms with E-state index in [9.17, 15) is 14.9 Å². The molecule has 1 aromatic carbocycles. The topological polar surface area (TPSA) is 102 Å². The van der Waals surface area contributed by atoms with Gasteiger partial charge in [-0.25, -0.2) is 0 Å². The lowest BCUT2D eigenvalue weighted by Crippen LogP contribution is -2.08. The van der Waals surface area contributed by atoms with E-state index in [1.54, 1.807) is 6.92 Å². The van der Waals surface area contributed by atoms with Crippen LogP contribution in [0.1, 0.15) is 25.3 Å². The molecular weight excluding hydrogens is 300 g/mol. The molecule has 0 bridgehead atoms. The van der Waals surface area contributed by atoms with Gasteiger partial charge in [0.05, 0.1) is 16.6 Å². The highest BCUT2D eigenvalue weighted by Gasteiger charge is 2.17. The molecule has 1 atom stereocenters. The van der Waals surface area contributed by atoms with Crippen LogP contribution in [0, 0.1) is 39.7 Å². The Labute approximate surface area is 134 Å². The summed E-state index contributed by atoms with van der Waals surface area (Å²) in [5.41, 5.74) is 0.0439. The third-order valence-corrected chi connectivity index (χ3v) is 2.96. The van der Waals surface area contributed by atoms with Gasteiger partial charge in [-0.15, -0.1) is 6.42 Å². The number of esters is 1. The third-order valence-electron chi connectivity index (χ3n) is 2.96. The lowest BCUT2D eigenvalue weighted by molar-refractivity contribution is -0.385. The number of carbonyl (C=O) groups is 1. The molecule has 0 saturated carbocycles. The van der Waals surface area contributed by atoms with Crippen LogP contribution in [0.5, 0.6) is 5.75 Å². The number of ether oxygens (including phenoxy) is 2. The van der Waals surface area contributed by atoms with Gasteiger partial charge in [-0.3, -0.25) is 14.9 Å². The summed E-state index contributed by atoms with van der Waals surface area (Å²) < 4.78 is 10.2. The predicted octanol–water partition coefficient (Wildman–Crippen LogP) is 2.59. The fourth-order valence-corrected chi connectivity index (χ4v) is 1.70. The first-order valence-corrected chi connectivity index (χ1v) is 6.86. The maximum atomic E-state index is 11.6. The highest BCUT2D eigenvalue weighted by atomic mass is 16.6. The minimum Gasteiger partial charge on any atom is -0.481 e. The van der Waals surface area contributed by atoms with Crippen molar-refractivity contribution in [1.82, 2.24) is 0 Å². The molecule has 0 aliphatic heterocycles. The molecule has 7 nitrogen and oxygen atoms in total. The van der Waals surface area contributed by atoms with E-state index in [1.165, 1.54) is 18.2 Å². The molecule has 1 unspecified atom stereocenters. The normalized spacial score (nSPS) is 10.9. The van der Waals surface area contributed by atoms with Gasteiger partial charge in [-0.2, -0.15) is 5.26 Å². The summed E-state index contributed by atoms with van der Waals surface area (Å²) in [6, 6.07) is 6.13. The van der Waals surface area contributed by atoms with Gasteiger partial charge in [0.15, 0.2) is 0 Å². The average molecular weight is 316 g/mol. The zero-order chi connectivity index (χ0) is 17.2. The number of benzene rings is 1. The van der Waals surface area contributed by atoms with E-state index in [2.05, 4.69) is 5.92 Å². The SMILES string of the molecule is C#CCOc1ccc([N+](=O)[O-])c(COC(=O)CCC(C)C#N)c1. The Hall–Kier alpha value is -3.06. The molecule has 0 spiro atoms. The highest BCUT2D eigenvalue weighted by molar-refractivity contribution is 5.69. The van der Waals surface area contributed by atoms with Gasteiger partial charge in [0.25, 0.3) is 5.69 Å². The van der Waals surface area contributed by atoms with Crippen molar-refractivity contribution in [2.45, 2.75) is 26.4 Å². The van der Waals surface area contributed by atoms with Gasteiger partial charge in [-0.1, -0.05) is 5.92 Å². The molecule has 0 heterocycles. The smallest absolute Gasteiger partial charge is 0.306 e. The van der Waals surface area contributed by atoms with Crippen LogP contribution in [0.3, 0.4) is 0 Å². The molecule has 0 aliphatic carbocycles. The van der Waals surface area contributed by atoms with E-state index in [0.29, 0.717) is 12.2 Å². The number of carbonyl (C=O) groups excluding carboxylic acids is 1. The highest BCUT2D eigenvalue weighted by Crippen LogP contribution is 2.25. The molecule has 0 N–H and O–H groups in total. The number of terminal acetylenes is 1. The lowest BCUT2D eigenvalue weighted by atomic mass is 10.1. The zero-order valence-electron chi connectivity index (χ0n) is 12.7. The summed E-state index contributed by atoms with van der Waals surface area (Å²) in [5.74, 6) is 1.88. The van der Waals surface area contributed by atoms with Crippen LogP contribution < -0.4 is 4.74 Å². The number of hydrogen-bond donors (Lipinski definition) is 0. The fourth-order valence-electron chi connectivity index (χ4n) is 1.70. The summed E-state index contributed by atoms with van der Waals surface area (Å²) >= 11 is 0. The zero-order valence-corrected chi connectivity index (χ0v) is 12.7. The van der Waals surface area contributed by atoms with Crippen LogP contribution in [0.15, 0.2) is 18.2 Å². The van der Waals surface area contributed by atoms with Gasteiger partial charge >= 0.3 is 5.97 Å². The molecule has 0 aromatic heterocycles. The maximum Gasteiger partial charge on any atom is 0.306 e. The number of nitro benzene ring substituents is 1. The molecule has 0 amide bonds. The van der Waals surface area contributed by atoms with Crippen LogP contribution in [-0.4, -0.2) is 17.5 Å². The summed E-state index contributed by atoms with van der Waals surface area (Å²) in [4.78, 5) is 22.1. The van der Waals surface area contributed by atoms with Crippen molar-refractivity contribution >= 4 is 11.7 Å².